The van der Waals surface area contributed by atoms with Gasteiger partial charge in [0.25, 0.3) is 5.91 Å². The van der Waals surface area contributed by atoms with Gasteiger partial charge in [0.1, 0.15) is 0 Å². The number of alkyl halides is 3. The number of furan rings is 1. The normalized spacial score (nSPS) is 20.8. The minimum Gasteiger partial charge on any atom is -0.475 e. The third-order valence-electron chi connectivity index (χ3n) is 5.29. The summed E-state index contributed by atoms with van der Waals surface area (Å²) < 4.78 is 43.0. The summed E-state index contributed by atoms with van der Waals surface area (Å²) >= 11 is 1.48. The molecule has 2 aliphatic heterocycles. The summed E-state index contributed by atoms with van der Waals surface area (Å²) in [7, 11) is 0. The lowest BCUT2D eigenvalue weighted by atomic mass is 9.87. The molecule has 7 nitrogen and oxygen atoms in total. The highest BCUT2D eigenvalue weighted by Crippen LogP contribution is 2.36. The number of hydrogen-bond acceptors (Lipinski definition) is 6. The molecule has 2 N–H and O–H groups in total. The zero-order chi connectivity index (χ0) is 22.5. The summed E-state index contributed by atoms with van der Waals surface area (Å²) in [6.07, 6.45) is 1.42. The van der Waals surface area contributed by atoms with Crippen LogP contribution in [0.5, 0.6) is 0 Å². The number of aliphatic carboxylic acids is 1. The maximum absolute atomic E-state index is 12.2. The lowest BCUT2D eigenvalue weighted by molar-refractivity contribution is -0.192. The van der Waals surface area contributed by atoms with Crippen LogP contribution in [0.4, 0.5) is 13.2 Å². The van der Waals surface area contributed by atoms with Crippen molar-refractivity contribution < 1.29 is 37.0 Å². The fraction of sp³-hybridized carbons (Fsp3) is 0.500. The minimum absolute atomic E-state index is 0.0213. The van der Waals surface area contributed by atoms with E-state index in [-0.39, 0.29) is 17.6 Å². The number of piperidine rings is 1. The van der Waals surface area contributed by atoms with Crippen molar-refractivity contribution in [2.45, 2.75) is 43.6 Å². The fourth-order valence-corrected chi connectivity index (χ4v) is 4.34. The van der Waals surface area contributed by atoms with Crippen LogP contribution in [0, 0.1) is 0 Å². The maximum atomic E-state index is 12.2. The molecule has 1 amide bonds. The Hall–Kier alpha value is -2.37. The predicted octanol–water partition coefficient (Wildman–Crippen LogP) is 3.53. The number of thiophene rings is 1. The molecule has 31 heavy (non-hydrogen) atoms. The minimum atomic E-state index is -5.08. The first-order chi connectivity index (χ1) is 14.7. The summed E-state index contributed by atoms with van der Waals surface area (Å²) in [5.41, 5.74) is 1.17. The monoisotopic (exact) mass is 460 g/mol. The van der Waals surface area contributed by atoms with Crippen molar-refractivity contribution >= 4 is 23.2 Å². The van der Waals surface area contributed by atoms with E-state index < -0.39 is 12.1 Å². The molecule has 0 saturated carbocycles. The van der Waals surface area contributed by atoms with Gasteiger partial charge in [-0.25, -0.2) is 4.79 Å². The quantitative estimate of drug-likeness (QED) is 0.726. The number of hydrogen-bond donors (Lipinski definition) is 2. The molecule has 0 radical (unpaired) electrons. The summed E-state index contributed by atoms with van der Waals surface area (Å²) in [5, 5.41) is 12.2. The Morgan fingerprint density at radius 3 is 2.55 bits per heavy atom. The third-order valence-corrected chi connectivity index (χ3v) is 6.15. The van der Waals surface area contributed by atoms with E-state index in [1.165, 1.54) is 16.9 Å². The van der Waals surface area contributed by atoms with Gasteiger partial charge in [-0.3, -0.25) is 9.69 Å². The lowest BCUT2D eigenvalue weighted by Crippen LogP contribution is -2.44. The van der Waals surface area contributed by atoms with Crippen LogP contribution in [0.25, 0.3) is 0 Å². The Labute approximate surface area is 180 Å². The van der Waals surface area contributed by atoms with Gasteiger partial charge in [0.15, 0.2) is 0 Å². The predicted molar refractivity (Wildman–Crippen MR) is 106 cm³/mol. The molecule has 11 heteroatoms. The van der Waals surface area contributed by atoms with E-state index in [2.05, 4.69) is 10.2 Å². The van der Waals surface area contributed by atoms with Crippen molar-refractivity contribution in [2.75, 3.05) is 19.7 Å². The zero-order valence-corrected chi connectivity index (χ0v) is 17.4. The highest BCUT2D eigenvalue weighted by molar-refractivity contribution is 7.12. The molecule has 1 atom stereocenters. The van der Waals surface area contributed by atoms with E-state index in [1.807, 2.05) is 29.8 Å². The van der Waals surface area contributed by atoms with Crippen LogP contribution < -0.4 is 5.32 Å². The molecule has 0 aromatic carbocycles. The number of carboxylic acids is 1. The number of carbonyl (C=O) groups is 2. The molecule has 4 heterocycles. The number of amides is 1. The number of carbonyl (C=O) groups excluding carboxylic acids is 1. The number of rotatable bonds is 4. The van der Waals surface area contributed by atoms with E-state index in [4.69, 9.17) is 19.1 Å². The molecule has 2 aromatic rings. The summed E-state index contributed by atoms with van der Waals surface area (Å²) in [4.78, 5) is 24.3. The van der Waals surface area contributed by atoms with Gasteiger partial charge in [0, 0.05) is 25.2 Å². The van der Waals surface area contributed by atoms with Crippen LogP contribution in [0.1, 0.15) is 34.5 Å². The molecular weight excluding hydrogens is 437 g/mol. The van der Waals surface area contributed by atoms with Crippen LogP contribution in [-0.2, 0) is 16.1 Å². The lowest BCUT2D eigenvalue weighted by Gasteiger charge is -2.38. The molecule has 2 fully saturated rings. The molecule has 1 spiro atoms. The number of nitrogens with zero attached hydrogens (tertiary/aromatic N) is 1. The molecule has 1 unspecified atom stereocenters. The molecule has 2 saturated heterocycles. The Morgan fingerprint density at radius 1 is 1.29 bits per heavy atom. The van der Waals surface area contributed by atoms with Gasteiger partial charge >= 0.3 is 12.1 Å². The van der Waals surface area contributed by atoms with E-state index in [0.717, 1.165) is 43.8 Å². The van der Waals surface area contributed by atoms with Crippen molar-refractivity contribution in [1.82, 2.24) is 10.2 Å². The molecule has 170 valence electrons. The van der Waals surface area contributed by atoms with Gasteiger partial charge in [0.2, 0.25) is 0 Å². The van der Waals surface area contributed by atoms with E-state index in [9.17, 15) is 18.0 Å². The fourth-order valence-electron chi connectivity index (χ4n) is 3.71. The largest absolute Gasteiger partial charge is 0.490 e. The van der Waals surface area contributed by atoms with E-state index in [0.29, 0.717) is 6.61 Å². The van der Waals surface area contributed by atoms with Crippen molar-refractivity contribution in [3.8, 4) is 0 Å². The van der Waals surface area contributed by atoms with Crippen LogP contribution in [-0.4, -0.2) is 59.4 Å². The van der Waals surface area contributed by atoms with Crippen molar-refractivity contribution in [3.63, 3.8) is 0 Å². The first kappa shape index (κ1) is 23.3. The Balaban J connectivity index is 0.000000339. The highest BCUT2D eigenvalue weighted by Gasteiger charge is 2.43. The van der Waals surface area contributed by atoms with E-state index >= 15 is 0 Å². The Kier molecular flexibility index (Phi) is 7.39. The van der Waals surface area contributed by atoms with Gasteiger partial charge in [-0.1, -0.05) is 6.07 Å². The van der Waals surface area contributed by atoms with Crippen LogP contribution in [0.3, 0.4) is 0 Å². The summed E-state index contributed by atoms with van der Waals surface area (Å²) in [6.45, 7) is 3.61. The number of halogens is 3. The smallest absolute Gasteiger partial charge is 0.475 e. The van der Waals surface area contributed by atoms with Gasteiger partial charge in [0.05, 0.1) is 35.7 Å². The second-order valence-electron chi connectivity index (χ2n) is 7.56. The molecule has 0 bridgehead atoms. The molecule has 2 aliphatic rings. The first-order valence-electron chi connectivity index (χ1n) is 9.69. The Bertz CT molecular complexity index is 847. The van der Waals surface area contributed by atoms with Gasteiger partial charge in [-0.2, -0.15) is 13.2 Å². The number of nitrogens with one attached hydrogen (secondary N) is 1. The average Bonchev–Trinajstić information content (AvgIpc) is 3.47. The second-order valence-corrected chi connectivity index (χ2v) is 8.50. The average molecular weight is 460 g/mol. The zero-order valence-electron chi connectivity index (χ0n) is 16.6. The van der Waals surface area contributed by atoms with Crippen LogP contribution >= 0.6 is 11.3 Å². The second kappa shape index (κ2) is 9.84. The first-order valence-corrected chi connectivity index (χ1v) is 10.6. The van der Waals surface area contributed by atoms with E-state index in [1.54, 1.807) is 6.26 Å². The standard InChI is InChI=1S/C18H22N2O3S.C2HF3O2/c21-17(16-2-1-9-24-16)19-15-10-18(23-13-15)4-6-20(7-5-18)11-14-3-8-22-12-14;3-2(4,5)1(6)7/h1-3,8-9,12,15H,4-7,10-11,13H2,(H,19,21);(H,6,7). The van der Waals surface area contributed by atoms with Crippen LogP contribution in [0.2, 0.25) is 0 Å². The van der Waals surface area contributed by atoms with Gasteiger partial charge < -0.3 is 19.6 Å². The van der Waals surface area contributed by atoms with Gasteiger partial charge in [-0.15, -0.1) is 11.3 Å². The van der Waals surface area contributed by atoms with Crippen molar-refractivity contribution in [2.24, 2.45) is 0 Å². The number of carboxylic acid groups (broad SMARTS) is 1. The van der Waals surface area contributed by atoms with Crippen LogP contribution in [0.15, 0.2) is 40.5 Å². The topological polar surface area (TPSA) is 92.0 Å². The summed E-state index contributed by atoms with van der Waals surface area (Å²) in [5.74, 6) is -2.74. The number of ether oxygens (including phenoxy) is 1. The maximum Gasteiger partial charge on any atom is 0.490 e. The summed E-state index contributed by atoms with van der Waals surface area (Å²) in [6, 6.07) is 5.91. The Morgan fingerprint density at radius 2 is 2.00 bits per heavy atom. The highest BCUT2D eigenvalue weighted by atomic mass is 32.1. The molecular formula is C20H23F3N2O5S. The van der Waals surface area contributed by atoms with Crippen molar-refractivity contribution in [1.29, 1.82) is 0 Å². The third kappa shape index (κ3) is 6.55. The molecule has 4 rings (SSSR count). The molecule has 0 aliphatic carbocycles. The van der Waals surface area contributed by atoms with Crippen molar-refractivity contribution in [3.05, 3.63) is 46.5 Å². The van der Waals surface area contributed by atoms with Gasteiger partial charge in [-0.05, 0) is 36.8 Å². The number of likely N-dealkylation sites (tertiary alicyclic amines) is 1. The molecule has 2 aromatic heterocycles. The SMILES string of the molecule is O=C(NC1COC2(CCN(Cc3ccoc3)CC2)C1)c1cccs1.O=C(O)C(F)(F)F.